The van der Waals surface area contributed by atoms with Crippen molar-refractivity contribution >= 4 is 5.97 Å². The summed E-state index contributed by atoms with van der Waals surface area (Å²) >= 11 is 0. The summed E-state index contributed by atoms with van der Waals surface area (Å²) in [7, 11) is 0. The SMILES string of the molecule is CC1=CC(C(=O)O)(c2ccccc2)N=N1. The maximum atomic E-state index is 11.3. The zero-order valence-electron chi connectivity index (χ0n) is 8.21. The first-order valence-corrected chi connectivity index (χ1v) is 4.56. The molecule has 1 N–H and O–H groups in total. The largest absolute Gasteiger partial charge is 0.479 e. The van der Waals surface area contributed by atoms with E-state index < -0.39 is 11.5 Å². The summed E-state index contributed by atoms with van der Waals surface area (Å²) in [6, 6.07) is 8.89. The Morgan fingerprint density at radius 1 is 1.33 bits per heavy atom. The van der Waals surface area contributed by atoms with E-state index in [1.165, 1.54) is 0 Å². The summed E-state index contributed by atoms with van der Waals surface area (Å²) < 4.78 is 0. The minimum absolute atomic E-state index is 0.623. The van der Waals surface area contributed by atoms with Crippen LogP contribution in [0.25, 0.3) is 0 Å². The van der Waals surface area contributed by atoms with Gasteiger partial charge in [0.1, 0.15) is 0 Å². The monoisotopic (exact) mass is 202 g/mol. The fraction of sp³-hybridized carbons (Fsp3) is 0.182. The van der Waals surface area contributed by atoms with Gasteiger partial charge < -0.3 is 5.11 Å². The van der Waals surface area contributed by atoms with E-state index >= 15 is 0 Å². The van der Waals surface area contributed by atoms with Gasteiger partial charge in [0.05, 0.1) is 5.70 Å². The van der Waals surface area contributed by atoms with Gasteiger partial charge in [-0.15, -0.1) is 0 Å². The molecule has 1 heterocycles. The van der Waals surface area contributed by atoms with E-state index in [0.717, 1.165) is 0 Å². The Hall–Kier alpha value is -1.97. The molecule has 1 aliphatic heterocycles. The van der Waals surface area contributed by atoms with Crippen LogP contribution in [-0.2, 0) is 10.3 Å². The van der Waals surface area contributed by atoms with Crippen LogP contribution < -0.4 is 0 Å². The lowest BCUT2D eigenvalue weighted by molar-refractivity contribution is -0.141. The Morgan fingerprint density at radius 2 is 2.00 bits per heavy atom. The number of carboxylic acids is 1. The van der Waals surface area contributed by atoms with Gasteiger partial charge in [-0.2, -0.15) is 10.2 Å². The second kappa shape index (κ2) is 3.31. The van der Waals surface area contributed by atoms with Gasteiger partial charge in [-0.05, 0) is 18.6 Å². The number of hydrogen-bond acceptors (Lipinski definition) is 3. The van der Waals surface area contributed by atoms with Crippen LogP contribution in [0.1, 0.15) is 12.5 Å². The third-order valence-electron chi connectivity index (χ3n) is 2.32. The Labute approximate surface area is 87.0 Å². The summed E-state index contributed by atoms with van der Waals surface area (Å²) in [6.45, 7) is 1.73. The molecule has 0 saturated heterocycles. The molecule has 0 aliphatic carbocycles. The van der Waals surface area contributed by atoms with Crippen molar-refractivity contribution < 1.29 is 9.90 Å². The molecule has 4 heteroatoms. The highest BCUT2D eigenvalue weighted by atomic mass is 16.4. The molecular weight excluding hydrogens is 192 g/mol. The van der Waals surface area contributed by atoms with E-state index in [0.29, 0.717) is 11.3 Å². The van der Waals surface area contributed by atoms with Crippen LogP contribution in [-0.4, -0.2) is 11.1 Å². The zero-order valence-corrected chi connectivity index (χ0v) is 8.21. The molecule has 0 spiro atoms. The Morgan fingerprint density at radius 3 is 2.47 bits per heavy atom. The fourth-order valence-electron chi connectivity index (χ4n) is 1.58. The number of nitrogens with zero attached hydrogens (tertiary/aromatic N) is 2. The normalized spacial score (nSPS) is 23.9. The number of rotatable bonds is 2. The highest BCUT2D eigenvalue weighted by Crippen LogP contribution is 2.34. The average molecular weight is 202 g/mol. The van der Waals surface area contributed by atoms with Crippen LogP contribution in [0.5, 0.6) is 0 Å². The lowest BCUT2D eigenvalue weighted by Crippen LogP contribution is -2.29. The van der Waals surface area contributed by atoms with Gasteiger partial charge in [0.25, 0.3) is 0 Å². The molecule has 1 atom stereocenters. The molecule has 0 radical (unpaired) electrons. The van der Waals surface area contributed by atoms with Gasteiger partial charge in [-0.1, -0.05) is 30.3 Å². The lowest BCUT2D eigenvalue weighted by atomic mass is 9.91. The maximum Gasteiger partial charge on any atom is 0.342 e. The van der Waals surface area contributed by atoms with Gasteiger partial charge >= 0.3 is 5.97 Å². The molecule has 0 aromatic heterocycles. The molecule has 1 unspecified atom stereocenters. The number of azo groups is 1. The topological polar surface area (TPSA) is 62.0 Å². The van der Waals surface area contributed by atoms with Crippen molar-refractivity contribution in [2.75, 3.05) is 0 Å². The molecular formula is C11H10N2O2. The Bertz CT molecular complexity index is 451. The number of carboxylic acid groups (broad SMARTS) is 1. The fourth-order valence-corrected chi connectivity index (χ4v) is 1.58. The Balaban J connectivity index is 2.56. The first kappa shape index (κ1) is 9.58. The molecule has 0 fully saturated rings. The molecule has 0 amide bonds. The molecule has 1 aromatic rings. The van der Waals surface area contributed by atoms with E-state index in [4.69, 9.17) is 0 Å². The molecule has 2 rings (SSSR count). The van der Waals surface area contributed by atoms with E-state index in [2.05, 4.69) is 10.2 Å². The Kier molecular flexibility index (Phi) is 2.11. The molecule has 1 aromatic carbocycles. The quantitative estimate of drug-likeness (QED) is 0.799. The summed E-state index contributed by atoms with van der Waals surface area (Å²) in [5.41, 5.74) is -0.0786. The van der Waals surface area contributed by atoms with E-state index in [1.807, 2.05) is 6.07 Å². The summed E-state index contributed by atoms with van der Waals surface area (Å²) in [5.74, 6) is -1.01. The van der Waals surface area contributed by atoms with Crippen LogP contribution in [0.2, 0.25) is 0 Å². The molecule has 4 nitrogen and oxygen atoms in total. The second-order valence-corrected chi connectivity index (χ2v) is 3.42. The maximum absolute atomic E-state index is 11.3. The summed E-state index contributed by atoms with van der Waals surface area (Å²) in [6.07, 6.45) is 1.56. The van der Waals surface area contributed by atoms with Gasteiger partial charge in [-0.3, -0.25) is 0 Å². The third kappa shape index (κ3) is 1.44. The van der Waals surface area contributed by atoms with Gasteiger partial charge in [0, 0.05) is 0 Å². The molecule has 0 bridgehead atoms. The van der Waals surface area contributed by atoms with Crippen LogP contribution >= 0.6 is 0 Å². The van der Waals surface area contributed by atoms with Crippen LogP contribution in [0.3, 0.4) is 0 Å². The van der Waals surface area contributed by atoms with Crippen molar-refractivity contribution in [3.8, 4) is 0 Å². The average Bonchev–Trinajstić information content (AvgIpc) is 2.63. The standard InChI is InChI=1S/C11H10N2O2/c1-8-7-11(10(14)15,13-12-8)9-5-3-2-4-6-9/h2-7H,1H3,(H,14,15). The summed E-state index contributed by atoms with van der Waals surface area (Å²) in [5, 5.41) is 16.9. The molecule has 15 heavy (non-hydrogen) atoms. The lowest BCUT2D eigenvalue weighted by Gasteiger charge is -2.17. The number of carbonyl (C=O) groups is 1. The van der Waals surface area contributed by atoms with Crippen molar-refractivity contribution in [2.24, 2.45) is 10.2 Å². The van der Waals surface area contributed by atoms with Crippen molar-refractivity contribution in [1.82, 2.24) is 0 Å². The van der Waals surface area contributed by atoms with Gasteiger partial charge in [-0.25, -0.2) is 4.79 Å². The molecule has 0 saturated carbocycles. The first-order chi connectivity index (χ1) is 7.15. The number of aliphatic carboxylic acids is 1. The van der Waals surface area contributed by atoms with E-state index in [-0.39, 0.29) is 0 Å². The second-order valence-electron chi connectivity index (χ2n) is 3.42. The van der Waals surface area contributed by atoms with Gasteiger partial charge in [0.15, 0.2) is 0 Å². The molecule has 1 aliphatic rings. The predicted octanol–water partition coefficient (Wildman–Crippen LogP) is 2.34. The van der Waals surface area contributed by atoms with Gasteiger partial charge in [0.2, 0.25) is 5.54 Å². The minimum Gasteiger partial charge on any atom is -0.479 e. The minimum atomic E-state index is -1.33. The molecule has 76 valence electrons. The van der Waals surface area contributed by atoms with E-state index in [9.17, 15) is 9.90 Å². The zero-order chi connectivity index (χ0) is 10.9. The van der Waals surface area contributed by atoms with Crippen molar-refractivity contribution in [3.63, 3.8) is 0 Å². The van der Waals surface area contributed by atoms with Crippen molar-refractivity contribution in [1.29, 1.82) is 0 Å². The van der Waals surface area contributed by atoms with E-state index in [1.54, 1.807) is 37.3 Å². The number of allylic oxidation sites excluding steroid dienone is 1. The highest BCUT2D eigenvalue weighted by Gasteiger charge is 2.41. The number of benzene rings is 1. The third-order valence-corrected chi connectivity index (χ3v) is 2.32. The van der Waals surface area contributed by atoms with Crippen molar-refractivity contribution in [2.45, 2.75) is 12.5 Å². The predicted molar refractivity (Wildman–Crippen MR) is 54.4 cm³/mol. The number of hydrogen-bond donors (Lipinski definition) is 1. The van der Waals surface area contributed by atoms with Crippen LogP contribution in [0.15, 0.2) is 52.3 Å². The first-order valence-electron chi connectivity index (χ1n) is 4.56. The smallest absolute Gasteiger partial charge is 0.342 e. The highest BCUT2D eigenvalue weighted by molar-refractivity contribution is 5.84. The van der Waals surface area contributed by atoms with Crippen molar-refractivity contribution in [3.05, 3.63) is 47.7 Å². The van der Waals surface area contributed by atoms with Crippen LogP contribution in [0.4, 0.5) is 0 Å². The summed E-state index contributed by atoms with van der Waals surface area (Å²) in [4.78, 5) is 11.3. The van der Waals surface area contributed by atoms with Crippen LogP contribution in [0, 0.1) is 0 Å².